The monoisotopic (exact) mass is 345 g/mol. The molecule has 0 bridgehead atoms. The molecule has 0 saturated carbocycles. The molecule has 2 aromatic carbocycles. The summed E-state index contributed by atoms with van der Waals surface area (Å²) in [4.78, 5) is 14.9. The number of hydrogen-bond donors (Lipinski definition) is 0. The third-order valence-corrected chi connectivity index (χ3v) is 4.71. The van der Waals surface area contributed by atoms with Gasteiger partial charge in [-0.25, -0.2) is 4.39 Å². The third-order valence-electron chi connectivity index (χ3n) is 4.71. The number of halogens is 1. The summed E-state index contributed by atoms with van der Waals surface area (Å²) >= 11 is 0. The summed E-state index contributed by atoms with van der Waals surface area (Å²) < 4.78 is 15.2. The Hall–Kier alpha value is -3.39. The Morgan fingerprint density at radius 3 is 2.65 bits per heavy atom. The van der Waals surface area contributed by atoms with Crippen LogP contribution in [0, 0.1) is 17.1 Å². The van der Waals surface area contributed by atoms with Crippen molar-refractivity contribution in [3.8, 4) is 11.8 Å². The van der Waals surface area contributed by atoms with Crippen molar-refractivity contribution in [1.29, 1.82) is 5.26 Å². The lowest BCUT2D eigenvalue weighted by molar-refractivity contribution is 0.0726. The second kappa shape index (κ2) is 6.49. The van der Waals surface area contributed by atoms with E-state index < -0.39 is 0 Å². The van der Waals surface area contributed by atoms with Gasteiger partial charge in [-0.1, -0.05) is 30.3 Å². The van der Waals surface area contributed by atoms with Crippen molar-refractivity contribution >= 4 is 5.91 Å². The van der Waals surface area contributed by atoms with Gasteiger partial charge in [0.2, 0.25) is 0 Å². The third kappa shape index (κ3) is 2.76. The molecule has 0 fully saturated rings. The van der Waals surface area contributed by atoms with Gasteiger partial charge in [0.15, 0.2) is 0 Å². The van der Waals surface area contributed by atoms with Crippen LogP contribution >= 0.6 is 0 Å². The summed E-state index contributed by atoms with van der Waals surface area (Å²) in [5.74, 6) is -0.606. The number of nitriles is 1. The molecule has 0 atom stereocenters. The van der Waals surface area contributed by atoms with Crippen molar-refractivity contribution in [2.24, 2.45) is 0 Å². The van der Waals surface area contributed by atoms with Crippen molar-refractivity contribution in [2.75, 3.05) is 6.54 Å². The Balaban J connectivity index is 1.73. The van der Waals surface area contributed by atoms with E-state index in [1.54, 1.807) is 33.9 Å². The number of nitrogens with zero attached hydrogens (tertiary/aromatic N) is 3. The molecule has 0 radical (unpaired) electrons. The lowest BCUT2D eigenvalue weighted by atomic mass is 9.99. The maximum Gasteiger partial charge on any atom is 0.272 e. The highest BCUT2D eigenvalue weighted by atomic mass is 19.1. The molecular weight excluding hydrogens is 329 g/mol. The van der Waals surface area contributed by atoms with Gasteiger partial charge in [-0.3, -0.25) is 4.79 Å². The summed E-state index contributed by atoms with van der Waals surface area (Å²) in [7, 11) is 0. The Labute approximate surface area is 150 Å². The van der Waals surface area contributed by atoms with E-state index in [9.17, 15) is 14.4 Å². The van der Waals surface area contributed by atoms with E-state index in [0.717, 1.165) is 12.0 Å². The van der Waals surface area contributed by atoms with Crippen LogP contribution < -0.4 is 0 Å². The lowest BCUT2D eigenvalue weighted by Gasteiger charge is -2.29. The van der Waals surface area contributed by atoms with Crippen LogP contribution in [0.1, 0.15) is 27.2 Å². The van der Waals surface area contributed by atoms with Crippen LogP contribution in [0.15, 0.2) is 60.8 Å². The molecule has 0 unspecified atom stereocenters. The molecule has 1 aromatic heterocycles. The lowest BCUT2D eigenvalue weighted by Crippen LogP contribution is -2.37. The summed E-state index contributed by atoms with van der Waals surface area (Å²) in [6.45, 7) is 1.10. The molecule has 0 saturated heterocycles. The van der Waals surface area contributed by atoms with Crippen LogP contribution in [0.5, 0.6) is 0 Å². The molecule has 0 spiro atoms. The van der Waals surface area contributed by atoms with Crippen LogP contribution in [-0.4, -0.2) is 21.9 Å². The number of hydrogen-bond acceptors (Lipinski definition) is 2. The van der Waals surface area contributed by atoms with E-state index in [4.69, 9.17) is 0 Å². The summed E-state index contributed by atoms with van der Waals surface area (Å²) in [6.07, 6.45) is 2.42. The SMILES string of the molecule is N#Cc1ccn(-c2cccc(F)c2)c1C(=O)N1CCc2ccccc2C1. The zero-order valence-electron chi connectivity index (χ0n) is 14.0. The number of rotatable bonds is 2. The van der Waals surface area contributed by atoms with Gasteiger partial charge in [-0.15, -0.1) is 0 Å². The standard InChI is InChI=1S/C21H16FN3O/c22-18-6-3-7-19(12-18)25-11-9-16(13-23)20(25)21(26)24-10-8-15-4-1-2-5-17(15)14-24/h1-7,9,11-12H,8,10,14H2. The van der Waals surface area contributed by atoms with E-state index in [-0.39, 0.29) is 23.0 Å². The first kappa shape index (κ1) is 16.1. The van der Waals surface area contributed by atoms with Crippen LogP contribution in [0.4, 0.5) is 4.39 Å². The van der Waals surface area contributed by atoms with Crippen LogP contribution in [-0.2, 0) is 13.0 Å². The van der Waals surface area contributed by atoms with Crippen LogP contribution in [0.2, 0.25) is 0 Å². The average molecular weight is 345 g/mol. The molecule has 4 rings (SSSR count). The minimum Gasteiger partial charge on any atom is -0.333 e. The van der Waals surface area contributed by atoms with Crippen LogP contribution in [0.3, 0.4) is 0 Å². The summed E-state index contributed by atoms with van der Waals surface area (Å²) in [5, 5.41) is 9.43. The van der Waals surface area contributed by atoms with Gasteiger partial charge < -0.3 is 9.47 Å². The largest absolute Gasteiger partial charge is 0.333 e. The fourth-order valence-corrected chi connectivity index (χ4v) is 3.40. The minimum absolute atomic E-state index is 0.217. The fraction of sp³-hybridized carbons (Fsp3) is 0.143. The van der Waals surface area contributed by atoms with Crippen molar-refractivity contribution in [3.63, 3.8) is 0 Å². The topological polar surface area (TPSA) is 49.0 Å². The molecule has 2 heterocycles. The predicted molar refractivity (Wildman–Crippen MR) is 95.3 cm³/mol. The van der Waals surface area contributed by atoms with Gasteiger partial charge in [0, 0.05) is 25.0 Å². The predicted octanol–water partition coefficient (Wildman–Crippen LogP) is 3.69. The van der Waals surface area contributed by atoms with E-state index in [1.165, 1.54) is 17.7 Å². The Morgan fingerprint density at radius 2 is 1.88 bits per heavy atom. The summed E-state index contributed by atoms with van der Waals surface area (Å²) in [6, 6.07) is 17.7. The molecule has 0 aliphatic carbocycles. The number of carbonyl (C=O) groups excluding carboxylic acids is 1. The molecular formula is C21H16FN3O. The van der Waals surface area contributed by atoms with E-state index in [1.807, 2.05) is 18.2 Å². The van der Waals surface area contributed by atoms with Crippen molar-refractivity contribution in [3.05, 3.63) is 89.0 Å². The molecule has 26 heavy (non-hydrogen) atoms. The second-order valence-electron chi connectivity index (χ2n) is 6.29. The van der Waals surface area contributed by atoms with Gasteiger partial charge in [0.1, 0.15) is 17.6 Å². The molecule has 5 heteroatoms. The number of benzene rings is 2. The molecule has 1 aliphatic heterocycles. The second-order valence-corrected chi connectivity index (χ2v) is 6.29. The number of carbonyl (C=O) groups is 1. The highest BCUT2D eigenvalue weighted by Crippen LogP contribution is 2.24. The Morgan fingerprint density at radius 1 is 1.08 bits per heavy atom. The molecule has 1 aliphatic rings. The zero-order chi connectivity index (χ0) is 18.1. The highest BCUT2D eigenvalue weighted by Gasteiger charge is 2.26. The fourth-order valence-electron chi connectivity index (χ4n) is 3.40. The summed E-state index contributed by atoms with van der Waals surface area (Å²) in [5.41, 5.74) is 3.45. The van der Waals surface area contributed by atoms with Gasteiger partial charge in [-0.2, -0.15) is 5.26 Å². The van der Waals surface area contributed by atoms with Gasteiger partial charge in [-0.05, 0) is 41.8 Å². The van der Waals surface area contributed by atoms with Crippen molar-refractivity contribution < 1.29 is 9.18 Å². The van der Waals surface area contributed by atoms with Crippen molar-refractivity contribution in [2.45, 2.75) is 13.0 Å². The zero-order valence-corrected chi connectivity index (χ0v) is 14.0. The maximum atomic E-state index is 13.6. The minimum atomic E-state index is -0.389. The van der Waals surface area contributed by atoms with Gasteiger partial charge in [0.05, 0.1) is 5.56 Å². The molecule has 4 nitrogen and oxygen atoms in total. The van der Waals surface area contributed by atoms with Crippen LogP contribution in [0.25, 0.3) is 5.69 Å². The van der Waals surface area contributed by atoms with Gasteiger partial charge >= 0.3 is 0 Å². The smallest absolute Gasteiger partial charge is 0.272 e. The highest BCUT2D eigenvalue weighted by molar-refractivity contribution is 5.96. The van der Waals surface area contributed by atoms with E-state index in [0.29, 0.717) is 18.8 Å². The number of amides is 1. The van der Waals surface area contributed by atoms with E-state index >= 15 is 0 Å². The first-order valence-corrected chi connectivity index (χ1v) is 8.41. The first-order valence-electron chi connectivity index (χ1n) is 8.41. The molecule has 1 amide bonds. The number of aromatic nitrogens is 1. The number of fused-ring (bicyclic) bond motifs is 1. The van der Waals surface area contributed by atoms with E-state index in [2.05, 4.69) is 12.1 Å². The Bertz CT molecular complexity index is 1030. The Kier molecular flexibility index (Phi) is 4.02. The van der Waals surface area contributed by atoms with Gasteiger partial charge in [0.25, 0.3) is 5.91 Å². The molecule has 128 valence electrons. The maximum absolute atomic E-state index is 13.6. The quantitative estimate of drug-likeness (QED) is 0.711. The molecule has 3 aromatic rings. The average Bonchev–Trinajstić information content (AvgIpc) is 3.11. The molecule has 0 N–H and O–H groups in total. The first-order chi connectivity index (χ1) is 12.7. The van der Waals surface area contributed by atoms with Crippen molar-refractivity contribution in [1.82, 2.24) is 9.47 Å². The normalized spacial score (nSPS) is 13.2.